The number of urea groups is 1. The predicted octanol–water partition coefficient (Wildman–Crippen LogP) is 2.91. The Balaban J connectivity index is 2.00. The predicted molar refractivity (Wildman–Crippen MR) is 94.6 cm³/mol. The molecular weight excluding hydrogens is 350 g/mol. The number of carbonyl (C=O) groups excluding carboxylic acids is 1. The smallest absolute Gasteiger partial charge is 0.319 e. The van der Waals surface area contributed by atoms with E-state index in [0.29, 0.717) is 17.3 Å². The molecule has 0 aliphatic rings. The lowest BCUT2D eigenvalue weighted by Crippen LogP contribution is -2.28. The lowest BCUT2D eigenvalue weighted by molar-refractivity contribution is 0.251. The van der Waals surface area contributed by atoms with E-state index < -0.39 is 16.1 Å². The average Bonchev–Trinajstić information content (AvgIpc) is 2.54. The molecule has 2 aromatic carbocycles. The first kappa shape index (κ1) is 18.3. The Bertz CT molecular complexity index is 821. The first-order chi connectivity index (χ1) is 11.3. The maximum atomic E-state index is 12.1. The summed E-state index contributed by atoms with van der Waals surface area (Å²) in [7, 11) is -0.640. The van der Waals surface area contributed by atoms with E-state index in [9.17, 15) is 13.2 Å². The van der Waals surface area contributed by atoms with E-state index in [-0.39, 0.29) is 4.90 Å². The van der Waals surface area contributed by atoms with Crippen molar-refractivity contribution >= 4 is 33.3 Å². The fraction of sp³-hybridized carbons (Fsp3) is 0.188. The summed E-state index contributed by atoms with van der Waals surface area (Å²) in [6, 6.07) is 12.8. The molecule has 0 fully saturated rings. The number of hydrogen-bond donors (Lipinski definition) is 2. The van der Waals surface area contributed by atoms with Gasteiger partial charge in [-0.05, 0) is 35.9 Å². The van der Waals surface area contributed by atoms with E-state index in [4.69, 9.17) is 11.6 Å². The third-order valence-electron chi connectivity index (χ3n) is 3.24. The highest BCUT2D eigenvalue weighted by Crippen LogP contribution is 2.18. The van der Waals surface area contributed by atoms with E-state index >= 15 is 0 Å². The normalized spacial score (nSPS) is 11.3. The summed E-state index contributed by atoms with van der Waals surface area (Å²) in [5.41, 5.74) is 1.30. The number of hydrogen-bond acceptors (Lipinski definition) is 3. The van der Waals surface area contributed by atoms with Gasteiger partial charge in [0, 0.05) is 31.4 Å². The minimum atomic E-state index is -3.55. The number of nitrogens with zero attached hydrogens (tertiary/aromatic N) is 1. The van der Waals surface area contributed by atoms with Crippen LogP contribution in [0.3, 0.4) is 0 Å². The second kappa shape index (κ2) is 7.65. The van der Waals surface area contributed by atoms with Crippen molar-refractivity contribution < 1.29 is 13.2 Å². The zero-order chi connectivity index (χ0) is 17.7. The highest BCUT2D eigenvalue weighted by molar-refractivity contribution is 7.89. The van der Waals surface area contributed by atoms with Crippen molar-refractivity contribution in [1.82, 2.24) is 9.62 Å². The summed E-state index contributed by atoms with van der Waals surface area (Å²) in [5, 5.41) is 5.94. The first-order valence-corrected chi connectivity index (χ1v) is 8.93. The third-order valence-corrected chi connectivity index (χ3v) is 5.30. The van der Waals surface area contributed by atoms with Gasteiger partial charge in [-0.2, -0.15) is 0 Å². The summed E-state index contributed by atoms with van der Waals surface area (Å²) in [6.07, 6.45) is 0. The Hall–Kier alpha value is -2.09. The molecule has 2 aromatic rings. The van der Waals surface area contributed by atoms with Crippen LogP contribution in [0, 0.1) is 0 Å². The number of sulfonamides is 1. The van der Waals surface area contributed by atoms with Crippen molar-refractivity contribution in [3.05, 3.63) is 59.1 Å². The maximum absolute atomic E-state index is 12.1. The van der Waals surface area contributed by atoms with Crippen LogP contribution in [0.5, 0.6) is 0 Å². The van der Waals surface area contributed by atoms with Crippen LogP contribution >= 0.6 is 11.6 Å². The lowest BCUT2D eigenvalue weighted by Gasteiger charge is -2.13. The Morgan fingerprint density at radius 1 is 1.12 bits per heavy atom. The first-order valence-electron chi connectivity index (χ1n) is 7.11. The van der Waals surface area contributed by atoms with E-state index in [1.165, 1.54) is 26.2 Å². The monoisotopic (exact) mass is 367 g/mol. The minimum absolute atomic E-state index is 0.114. The van der Waals surface area contributed by atoms with Crippen molar-refractivity contribution in [1.29, 1.82) is 0 Å². The molecule has 8 heteroatoms. The molecule has 24 heavy (non-hydrogen) atoms. The van der Waals surface area contributed by atoms with E-state index in [0.717, 1.165) is 9.87 Å². The molecule has 128 valence electrons. The van der Waals surface area contributed by atoms with Crippen LogP contribution in [0.2, 0.25) is 5.02 Å². The summed E-state index contributed by atoms with van der Waals surface area (Å²) >= 11 is 5.80. The van der Waals surface area contributed by atoms with Gasteiger partial charge in [0.15, 0.2) is 0 Å². The SMILES string of the molecule is CN(C)S(=O)(=O)c1cccc(NC(=O)NCc2ccc(Cl)cc2)c1. The molecule has 2 rings (SSSR count). The van der Waals surface area contributed by atoms with E-state index in [2.05, 4.69) is 10.6 Å². The lowest BCUT2D eigenvalue weighted by atomic mass is 10.2. The topological polar surface area (TPSA) is 78.5 Å². The molecule has 2 N–H and O–H groups in total. The van der Waals surface area contributed by atoms with Crippen LogP contribution in [-0.4, -0.2) is 32.8 Å². The second-order valence-corrected chi connectivity index (χ2v) is 7.84. The van der Waals surface area contributed by atoms with Gasteiger partial charge in [-0.25, -0.2) is 17.5 Å². The summed E-state index contributed by atoms with van der Waals surface area (Å²) in [6.45, 7) is 0.332. The largest absolute Gasteiger partial charge is 0.334 e. The molecule has 0 bridgehead atoms. The van der Waals surface area contributed by atoms with Crippen molar-refractivity contribution in [2.45, 2.75) is 11.4 Å². The van der Waals surface area contributed by atoms with Crippen molar-refractivity contribution in [2.24, 2.45) is 0 Å². The van der Waals surface area contributed by atoms with Crippen molar-refractivity contribution in [2.75, 3.05) is 19.4 Å². The van der Waals surface area contributed by atoms with Gasteiger partial charge in [-0.1, -0.05) is 29.8 Å². The molecule has 0 radical (unpaired) electrons. The van der Waals surface area contributed by atoms with Crippen LogP contribution in [0.25, 0.3) is 0 Å². The van der Waals surface area contributed by atoms with Gasteiger partial charge >= 0.3 is 6.03 Å². The van der Waals surface area contributed by atoms with Crippen LogP contribution in [0.1, 0.15) is 5.56 Å². The molecule has 0 atom stereocenters. The average molecular weight is 368 g/mol. The van der Waals surface area contributed by atoms with Gasteiger partial charge in [0.05, 0.1) is 4.90 Å². The third kappa shape index (κ3) is 4.70. The fourth-order valence-corrected chi connectivity index (χ4v) is 2.98. The highest BCUT2D eigenvalue weighted by atomic mass is 35.5. The molecule has 0 aliphatic carbocycles. The number of amides is 2. The Morgan fingerprint density at radius 2 is 1.79 bits per heavy atom. The second-order valence-electron chi connectivity index (χ2n) is 5.25. The Kier molecular flexibility index (Phi) is 5.82. The number of benzene rings is 2. The molecule has 2 amide bonds. The zero-order valence-electron chi connectivity index (χ0n) is 13.3. The molecular formula is C16H18ClN3O3S. The molecule has 0 aliphatic heterocycles. The van der Waals surface area contributed by atoms with Gasteiger partial charge in [0.1, 0.15) is 0 Å². The molecule has 0 aromatic heterocycles. The number of anilines is 1. The molecule has 0 spiro atoms. The fourth-order valence-electron chi connectivity index (χ4n) is 1.91. The van der Waals surface area contributed by atoms with Crippen LogP contribution in [0.15, 0.2) is 53.4 Å². The number of carbonyl (C=O) groups is 1. The van der Waals surface area contributed by atoms with Crippen molar-refractivity contribution in [3.8, 4) is 0 Å². The molecule has 0 saturated carbocycles. The standard InChI is InChI=1S/C16H18ClN3O3S/c1-20(2)24(22,23)15-5-3-4-14(10-15)19-16(21)18-11-12-6-8-13(17)9-7-12/h3-10H,11H2,1-2H3,(H2,18,19,21). The maximum Gasteiger partial charge on any atom is 0.319 e. The number of nitrogens with one attached hydrogen (secondary N) is 2. The van der Waals surface area contributed by atoms with Gasteiger partial charge in [-0.3, -0.25) is 0 Å². The van der Waals surface area contributed by atoms with Crippen LogP contribution in [-0.2, 0) is 16.6 Å². The van der Waals surface area contributed by atoms with Crippen LogP contribution < -0.4 is 10.6 Å². The summed E-state index contributed by atoms with van der Waals surface area (Å²) in [5.74, 6) is 0. The van der Waals surface area contributed by atoms with Gasteiger partial charge in [0.2, 0.25) is 10.0 Å². The van der Waals surface area contributed by atoms with Gasteiger partial charge < -0.3 is 10.6 Å². The van der Waals surface area contributed by atoms with E-state index in [1.807, 2.05) is 12.1 Å². The minimum Gasteiger partial charge on any atom is -0.334 e. The molecule has 0 heterocycles. The van der Waals surface area contributed by atoms with Crippen molar-refractivity contribution in [3.63, 3.8) is 0 Å². The number of halogens is 1. The highest BCUT2D eigenvalue weighted by Gasteiger charge is 2.17. The summed E-state index contributed by atoms with van der Waals surface area (Å²) < 4.78 is 25.3. The zero-order valence-corrected chi connectivity index (χ0v) is 14.9. The molecule has 0 saturated heterocycles. The quantitative estimate of drug-likeness (QED) is 0.852. The molecule has 0 unspecified atom stereocenters. The van der Waals surface area contributed by atoms with Gasteiger partial charge in [-0.15, -0.1) is 0 Å². The number of rotatable bonds is 5. The van der Waals surface area contributed by atoms with Gasteiger partial charge in [0.25, 0.3) is 0 Å². The Labute approximate surface area is 146 Å². The Morgan fingerprint density at radius 3 is 2.42 bits per heavy atom. The van der Waals surface area contributed by atoms with Crippen LogP contribution in [0.4, 0.5) is 10.5 Å². The summed E-state index contributed by atoms with van der Waals surface area (Å²) in [4.78, 5) is 12.1. The molecule has 6 nitrogen and oxygen atoms in total. The van der Waals surface area contributed by atoms with E-state index in [1.54, 1.807) is 24.3 Å².